The minimum absolute atomic E-state index is 0.415. The van der Waals surface area contributed by atoms with Gasteiger partial charge in [0.25, 0.3) is 0 Å². The molecule has 98 valence electrons. The summed E-state index contributed by atoms with van der Waals surface area (Å²) in [5, 5.41) is 8.20. The lowest BCUT2D eigenvalue weighted by molar-refractivity contribution is -0.242. The second-order valence-electron chi connectivity index (χ2n) is 4.40. The van der Waals surface area contributed by atoms with Crippen molar-refractivity contribution in [2.45, 2.75) is 33.1 Å². The summed E-state index contributed by atoms with van der Waals surface area (Å²) in [6.45, 7) is 3.79. The monoisotopic (exact) mass is 254 g/mol. The lowest BCUT2D eigenvalue weighted by Crippen LogP contribution is -2.43. The number of hydrogen-bond donors (Lipinski definition) is 1. The second-order valence-corrected chi connectivity index (χ2v) is 4.40. The minimum Gasteiger partial charge on any atom is -0.478 e. The molecule has 0 aliphatic carbocycles. The molecule has 0 aromatic carbocycles. The molecule has 1 N–H and O–H groups in total. The van der Waals surface area contributed by atoms with Gasteiger partial charge in [0.15, 0.2) is 0 Å². The van der Waals surface area contributed by atoms with Crippen LogP contribution in [-0.2, 0) is 14.3 Å². The van der Waals surface area contributed by atoms with Crippen LogP contribution in [0.25, 0.3) is 0 Å². The third-order valence-corrected chi connectivity index (χ3v) is 1.68. The van der Waals surface area contributed by atoms with Crippen LogP contribution in [0, 0.1) is 5.41 Å². The van der Waals surface area contributed by atoms with Gasteiger partial charge in [-0.05, 0) is 0 Å². The fourth-order valence-electron chi connectivity index (χ4n) is 1.03. The number of halogens is 3. The van der Waals surface area contributed by atoms with E-state index >= 15 is 0 Å². The molecule has 0 saturated heterocycles. The Morgan fingerprint density at radius 1 is 1.18 bits per heavy atom. The number of rotatable bonds is 3. The first kappa shape index (κ1) is 15.5. The summed E-state index contributed by atoms with van der Waals surface area (Å²) >= 11 is 0. The Kier molecular flexibility index (Phi) is 4.73. The molecule has 0 rings (SSSR count). The fourth-order valence-corrected chi connectivity index (χ4v) is 1.03. The second kappa shape index (κ2) is 5.20. The third kappa shape index (κ3) is 5.94. The van der Waals surface area contributed by atoms with Crippen LogP contribution >= 0.6 is 0 Å². The van der Waals surface area contributed by atoms with Gasteiger partial charge in [-0.3, -0.25) is 0 Å². The summed E-state index contributed by atoms with van der Waals surface area (Å²) in [6, 6.07) is 0. The molecule has 0 fully saturated rings. The number of carboxylic acids is 1. The van der Waals surface area contributed by atoms with Gasteiger partial charge in [-0.15, -0.1) is 0 Å². The quantitative estimate of drug-likeness (QED) is 0.619. The number of ether oxygens (including phenoxy) is 1. The minimum atomic E-state index is -4.70. The molecule has 0 radical (unpaired) electrons. The first-order valence-electron chi connectivity index (χ1n) is 4.63. The lowest BCUT2D eigenvalue weighted by Gasteiger charge is -2.31. The van der Waals surface area contributed by atoms with Crippen LogP contribution in [0.1, 0.15) is 20.8 Å². The van der Waals surface area contributed by atoms with Crippen LogP contribution in [0.2, 0.25) is 0 Å². The van der Waals surface area contributed by atoms with Gasteiger partial charge in [0.05, 0.1) is 0 Å². The Morgan fingerprint density at radius 3 is 1.94 bits per heavy atom. The molecule has 0 amide bonds. The van der Waals surface area contributed by atoms with Crippen molar-refractivity contribution < 1.29 is 32.6 Å². The molecule has 4 nitrogen and oxygen atoms in total. The SMILES string of the molecule is CC(C)(C)C(OC(=O)/C=C/C(=O)O)C(F)(F)F. The van der Waals surface area contributed by atoms with Gasteiger partial charge in [-0.2, -0.15) is 13.2 Å². The molecular formula is C10H13F3O4. The Balaban J connectivity index is 4.80. The van der Waals surface area contributed by atoms with Gasteiger partial charge in [0, 0.05) is 17.6 Å². The topological polar surface area (TPSA) is 63.6 Å². The fraction of sp³-hybridized carbons (Fsp3) is 0.600. The number of carboxylic acid groups (broad SMARTS) is 1. The van der Waals surface area contributed by atoms with Gasteiger partial charge in [0.2, 0.25) is 6.10 Å². The predicted molar refractivity (Wildman–Crippen MR) is 52.2 cm³/mol. The molecule has 7 heteroatoms. The molecule has 1 unspecified atom stereocenters. The molecule has 0 aromatic heterocycles. The first-order valence-corrected chi connectivity index (χ1v) is 4.63. The summed E-state index contributed by atoms with van der Waals surface area (Å²) in [6.07, 6.45) is -6.14. The summed E-state index contributed by atoms with van der Waals surface area (Å²) in [7, 11) is 0. The summed E-state index contributed by atoms with van der Waals surface area (Å²) in [4.78, 5) is 21.0. The normalized spacial score (nSPS) is 14.7. The number of aliphatic carboxylic acids is 1. The van der Waals surface area contributed by atoms with Gasteiger partial charge in [0.1, 0.15) is 0 Å². The van der Waals surface area contributed by atoms with Crippen molar-refractivity contribution in [1.82, 2.24) is 0 Å². The van der Waals surface area contributed by atoms with Crippen molar-refractivity contribution in [3.8, 4) is 0 Å². The van der Waals surface area contributed by atoms with Gasteiger partial charge < -0.3 is 9.84 Å². The Hall–Kier alpha value is -1.53. The van der Waals surface area contributed by atoms with Crippen molar-refractivity contribution in [2.24, 2.45) is 5.41 Å². The van der Waals surface area contributed by atoms with Gasteiger partial charge in [-0.25, -0.2) is 9.59 Å². The molecule has 0 bridgehead atoms. The maximum absolute atomic E-state index is 12.6. The van der Waals surface area contributed by atoms with Gasteiger partial charge in [-0.1, -0.05) is 20.8 Å². The summed E-state index contributed by atoms with van der Waals surface area (Å²) < 4.78 is 41.9. The van der Waals surface area contributed by atoms with E-state index in [1.807, 2.05) is 0 Å². The van der Waals surface area contributed by atoms with E-state index < -0.39 is 29.6 Å². The number of carbonyl (C=O) groups excluding carboxylic acids is 1. The van der Waals surface area contributed by atoms with Crippen LogP contribution in [0.5, 0.6) is 0 Å². The van der Waals surface area contributed by atoms with E-state index in [1.165, 1.54) is 20.8 Å². The van der Waals surface area contributed by atoms with E-state index in [0.29, 0.717) is 12.2 Å². The maximum Gasteiger partial charge on any atom is 0.426 e. The molecule has 0 aromatic rings. The van der Waals surface area contributed by atoms with E-state index in [1.54, 1.807) is 0 Å². The van der Waals surface area contributed by atoms with Crippen molar-refractivity contribution in [2.75, 3.05) is 0 Å². The highest BCUT2D eigenvalue weighted by atomic mass is 19.4. The highest BCUT2D eigenvalue weighted by Gasteiger charge is 2.49. The van der Waals surface area contributed by atoms with Crippen molar-refractivity contribution in [3.63, 3.8) is 0 Å². The van der Waals surface area contributed by atoms with E-state index in [0.717, 1.165) is 0 Å². The van der Waals surface area contributed by atoms with E-state index in [4.69, 9.17) is 5.11 Å². The van der Waals surface area contributed by atoms with Crippen molar-refractivity contribution in [1.29, 1.82) is 0 Å². The van der Waals surface area contributed by atoms with Gasteiger partial charge >= 0.3 is 18.1 Å². The molecule has 0 spiro atoms. The highest BCUT2D eigenvalue weighted by molar-refractivity contribution is 5.90. The Labute approximate surface area is 96.1 Å². The maximum atomic E-state index is 12.6. The van der Waals surface area contributed by atoms with Crippen molar-refractivity contribution >= 4 is 11.9 Å². The van der Waals surface area contributed by atoms with E-state index in [-0.39, 0.29) is 0 Å². The average Bonchev–Trinajstić information content (AvgIpc) is 2.07. The molecule has 17 heavy (non-hydrogen) atoms. The smallest absolute Gasteiger partial charge is 0.426 e. The molecule has 0 saturated carbocycles. The van der Waals surface area contributed by atoms with Crippen LogP contribution in [-0.4, -0.2) is 29.3 Å². The Morgan fingerprint density at radius 2 is 1.65 bits per heavy atom. The zero-order valence-corrected chi connectivity index (χ0v) is 9.54. The Bertz CT molecular complexity index is 311. The largest absolute Gasteiger partial charge is 0.478 e. The number of hydrogen-bond acceptors (Lipinski definition) is 3. The predicted octanol–water partition coefficient (Wildman–Crippen LogP) is 2.15. The molecule has 0 aliphatic rings. The average molecular weight is 254 g/mol. The summed E-state index contributed by atoms with van der Waals surface area (Å²) in [5.41, 5.74) is -1.33. The standard InChI is InChI=1S/C10H13F3O4/c1-9(2,3)8(10(11,12)13)17-7(16)5-4-6(14)15/h4-5,8H,1-3H3,(H,14,15)/b5-4+. The third-order valence-electron chi connectivity index (χ3n) is 1.68. The van der Waals surface area contributed by atoms with Crippen LogP contribution in [0.3, 0.4) is 0 Å². The first-order chi connectivity index (χ1) is 7.44. The molecule has 1 atom stereocenters. The number of esters is 1. The number of alkyl halides is 3. The zero-order valence-electron chi connectivity index (χ0n) is 9.54. The van der Waals surface area contributed by atoms with Crippen LogP contribution in [0.15, 0.2) is 12.2 Å². The van der Waals surface area contributed by atoms with Crippen LogP contribution in [0.4, 0.5) is 13.2 Å². The lowest BCUT2D eigenvalue weighted by atomic mass is 9.88. The molecule has 0 aliphatic heterocycles. The number of carbonyl (C=O) groups is 2. The van der Waals surface area contributed by atoms with Crippen LogP contribution < -0.4 is 0 Å². The molecular weight excluding hydrogens is 241 g/mol. The summed E-state index contributed by atoms with van der Waals surface area (Å²) in [5.74, 6) is -2.79. The molecule has 0 heterocycles. The highest BCUT2D eigenvalue weighted by Crippen LogP contribution is 2.35. The van der Waals surface area contributed by atoms with Crippen molar-refractivity contribution in [3.05, 3.63) is 12.2 Å². The van der Waals surface area contributed by atoms with E-state index in [9.17, 15) is 22.8 Å². The zero-order chi connectivity index (χ0) is 13.9. The van der Waals surface area contributed by atoms with E-state index in [2.05, 4.69) is 4.74 Å².